The van der Waals surface area contributed by atoms with Crippen molar-refractivity contribution in [2.45, 2.75) is 0 Å². The molecule has 1 rings (SSSR count). The monoisotopic (exact) mass is 139 g/mol. The molecule has 1 nitrogen and oxygen atoms in total. The Labute approximate surface area is 58.3 Å². The standard InChI is InChI=1S/C6H4BF2N/c7-3-1-6(10)5(9)2-4(3)8/h1-2H,10H2. The predicted molar refractivity (Wildman–Crippen MR) is 36.2 cm³/mol. The minimum absolute atomic E-state index is 0.140. The summed E-state index contributed by atoms with van der Waals surface area (Å²) in [6.07, 6.45) is 0. The molecule has 0 fully saturated rings. The van der Waals surface area contributed by atoms with Crippen LogP contribution in [0.1, 0.15) is 0 Å². The molecule has 4 heteroatoms. The molecule has 1 aromatic carbocycles. The third kappa shape index (κ3) is 1.10. The minimum atomic E-state index is -0.785. The maximum atomic E-state index is 12.3. The lowest BCUT2D eigenvalue weighted by Gasteiger charge is -1.98. The van der Waals surface area contributed by atoms with Gasteiger partial charge in [0.15, 0.2) is 0 Å². The van der Waals surface area contributed by atoms with Crippen molar-refractivity contribution < 1.29 is 8.78 Å². The summed E-state index contributed by atoms with van der Waals surface area (Å²) in [5, 5.41) is 0. The summed E-state index contributed by atoms with van der Waals surface area (Å²) in [5.74, 6) is -1.57. The van der Waals surface area contributed by atoms with Gasteiger partial charge in [-0.25, -0.2) is 8.78 Å². The molecule has 0 unspecified atom stereocenters. The Morgan fingerprint density at radius 3 is 2.30 bits per heavy atom. The van der Waals surface area contributed by atoms with Crippen LogP contribution in [0.25, 0.3) is 0 Å². The van der Waals surface area contributed by atoms with Crippen LogP contribution in [0.4, 0.5) is 14.5 Å². The van der Waals surface area contributed by atoms with Crippen molar-refractivity contribution in [2.75, 3.05) is 5.73 Å². The van der Waals surface area contributed by atoms with Gasteiger partial charge in [-0.05, 0) is 6.07 Å². The van der Waals surface area contributed by atoms with Gasteiger partial charge >= 0.3 is 0 Å². The summed E-state index contributed by atoms with van der Waals surface area (Å²) in [7, 11) is 5.07. The van der Waals surface area contributed by atoms with E-state index in [9.17, 15) is 8.78 Å². The van der Waals surface area contributed by atoms with Crippen LogP contribution in [0.15, 0.2) is 12.1 Å². The summed E-state index contributed by atoms with van der Waals surface area (Å²) in [5.41, 5.74) is 4.79. The Bertz CT molecular complexity index is 212. The van der Waals surface area contributed by atoms with E-state index in [-0.39, 0.29) is 11.2 Å². The lowest BCUT2D eigenvalue weighted by atomic mass is 9.95. The number of nitrogen functional groups attached to an aromatic ring is 1. The molecule has 50 valence electrons. The zero-order valence-corrected chi connectivity index (χ0v) is 5.07. The Hall–Kier alpha value is -1.06. The van der Waals surface area contributed by atoms with Gasteiger partial charge in [-0.1, -0.05) is 5.46 Å². The fraction of sp³-hybridized carbons (Fsp3) is 0. The number of rotatable bonds is 0. The van der Waals surface area contributed by atoms with Crippen LogP contribution in [-0.2, 0) is 0 Å². The first-order valence-electron chi connectivity index (χ1n) is 2.61. The lowest BCUT2D eigenvalue weighted by Crippen LogP contribution is -2.10. The quantitative estimate of drug-likeness (QED) is 0.407. The molecule has 0 heterocycles. The van der Waals surface area contributed by atoms with Gasteiger partial charge in [-0.3, -0.25) is 0 Å². The molecule has 0 aliphatic rings. The van der Waals surface area contributed by atoms with E-state index in [1.165, 1.54) is 0 Å². The molecule has 0 amide bonds. The van der Waals surface area contributed by atoms with Gasteiger partial charge in [0.2, 0.25) is 0 Å². The van der Waals surface area contributed by atoms with Crippen LogP contribution in [0, 0.1) is 11.6 Å². The summed E-state index contributed by atoms with van der Waals surface area (Å²) in [4.78, 5) is 0. The molecule has 2 radical (unpaired) electrons. The van der Waals surface area contributed by atoms with E-state index in [1.54, 1.807) is 0 Å². The minimum Gasteiger partial charge on any atom is -0.396 e. The number of anilines is 1. The van der Waals surface area contributed by atoms with Gasteiger partial charge in [-0.15, -0.1) is 0 Å². The number of hydrogen-bond donors (Lipinski definition) is 1. The second-order valence-electron chi connectivity index (χ2n) is 1.90. The Morgan fingerprint density at radius 2 is 1.80 bits per heavy atom. The van der Waals surface area contributed by atoms with Crippen LogP contribution in [0.3, 0.4) is 0 Å². The molecule has 10 heavy (non-hydrogen) atoms. The molecule has 0 atom stereocenters. The maximum absolute atomic E-state index is 12.3. The fourth-order valence-corrected chi connectivity index (χ4v) is 0.583. The fourth-order valence-electron chi connectivity index (χ4n) is 0.583. The van der Waals surface area contributed by atoms with E-state index < -0.39 is 11.6 Å². The molecule has 0 aliphatic heterocycles. The topological polar surface area (TPSA) is 26.0 Å². The molecule has 1 aromatic rings. The SMILES string of the molecule is [B]c1cc(N)c(F)cc1F. The number of benzene rings is 1. The molecule has 0 saturated heterocycles. The van der Waals surface area contributed by atoms with E-state index in [4.69, 9.17) is 13.6 Å². The first kappa shape index (κ1) is 7.06. The second-order valence-corrected chi connectivity index (χ2v) is 1.90. The van der Waals surface area contributed by atoms with Crippen molar-refractivity contribution >= 4 is 19.0 Å². The number of nitrogens with two attached hydrogens (primary N) is 1. The summed E-state index contributed by atoms with van der Waals surface area (Å²) in [6.45, 7) is 0. The highest BCUT2D eigenvalue weighted by Crippen LogP contribution is 2.07. The van der Waals surface area contributed by atoms with Crippen molar-refractivity contribution in [3.05, 3.63) is 23.8 Å². The van der Waals surface area contributed by atoms with Crippen molar-refractivity contribution in [3.8, 4) is 0 Å². The van der Waals surface area contributed by atoms with Crippen LogP contribution in [0.5, 0.6) is 0 Å². The third-order valence-electron chi connectivity index (χ3n) is 1.12. The largest absolute Gasteiger partial charge is 0.396 e. The number of halogens is 2. The first-order valence-corrected chi connectivity index (χ1v) is 2.61. The molecule has 0 aromatic heterocycles. The van der Waals surface area contributed by atoms with Gasteiger partial charge in [-0.2, -0.15) is 0 Å². The normalized spacial score (nSPS) is 9.80. The highest BCUT2D eigenvalue weighted by molar-refractivity contribution is 6.32. The zero-order valence-electron chi connectivity index (χ0n) is 5.07. The van der Waals surface area contributed by atoms with E-state index >= 15 is 0 Å². The van der Waals surface area contributed by atoms with Gasteiger partial charge in [0.25, 0.3) is 0 Å². The van der Waals surface area contributed by atoms with Crippen molar-refractivity contribution in [1.29, 1.82) is 0 Å². The van der Waals surface area contributed by atoms with Crippen LogP contribution < -0.4 is 11.2 Å². The smallest absolute Gasteiger partial charge is 0.148 e. The van der Waals surface area contributed by atoms with E-state index in [0.717, 1.165) is 6.07 Å². The van der Waals surface area contributed by atoms with Gasteiger partial charge in [0.05, 0.1) is 5.69 Å². The number of hydrogen-bond acceptors (Lipinski definition) is 1. The second kappa shape index (κ2) is 2.29. The van der Waals surface area contributed by atoms with Crippen molar-refractivity contribution in [1.82, 2.24) is 0 Å². The van der Waals surface area contributed by atoms with Crippen LogP contribution >= 0.6 is 0 Å². The van der Waals surface area contributed by atoms with E-state index in [0.29, 0.717) is 6.07 Å². The van der Waals surface area contributed by atoms with Crippen molar-refractivity contribution in [2.24, 2.45) is 0 Å². The van der Waals surface area contributed by atoms with Crippen LogP contribution in [0.2, 0.25) is 0 Å². The lowest BCUT2D eigenvalue weighted by molar-refractivity contribution is 0.591. The molecular formula is C6H4BF2N. The molecule has 2 N–H and O–H groups in total. The molecular weight excluding hydrogens is 135 g/mol. The Balaban J connectivity index is 3.28. The van der Waals surface area contributed by atoms with Gasteiger partial charge < -0.3 is 5.73 Å². The van der Waals surface area contributed by atoms with Crippen LogP contribution in [-0.4, -0.2) is 7.85 Å². The highest BCUT2D eigenvalue weighted by Gasteiger charge is 2.01. The molecule has 0 bridgehead atoms. The molecule has 0 spiro atoms. The first-order chi connectivity index (χ1) is 4.61. The third-order valence-corrected chi connectivity index (χ3v) is 1.12. The summed E-state index contributed by atoms with van der Waals surface area (Å²) >= 11 is 0. The van der Waals surface area contributed by atoms with E-state index in [2.05, 4.69) is 0 Å². The summed E-state index contributed by atoms with van der Waals surface area (Å²) in [6, 6.07) is 1.70. The highest BCUT2D eigenvalue weighted by atomic mass is 19.1. The molecule has 0 aliphatic carbocycles. The average molecular weight is 139 g/mol. The Kier molecular flexibility index (Phi) is 1.61. The predicted octanol–water partition coefficient (Wildman–Crippen LogP) is 0.341. The molecule has 0 saturated carbocycles. The van der Waals surface area contributed by atoms with E-state index in [1.807, 2.05) is 0 Å². The Morgan fingerprint density at radius 1 is 1.20 bits per heavy atom. The van der Waals surface area contributed by atoms with Gasteiger partial charge in [0, 0.05) is 6.07 Å². The zero-order chi connectivity index (χ0) is 7.72. The maximum Gasteiger partial charge on any atom is 0.148 e. The summed E-state index contributed by atoms with van der Waals surface area (Å²) < 4.78 is 24.7. The van der Waals surface area contributed by atoms with Crippen molar-refractivity contribution in [3.63, 3.8) is 0 Å². The van der Waals surface area contributed by atoms with Gasteiger partial charge in [0.1, 0.15) is 19.5 Å². The average Bonchev–Trinajstić information content (AvgIpc) is 1.84.